The van der Waals surface area contributed by atoms with Gasteiger partial charge in [-0.3, -0.25) is 0 Å². The van der Waals surface area contributed by atoms with Gasteiger partial charge in [0.15, 0.2) is 0 Å². The molecular formula is C19H30N2O3. The molecule has 1 amide bonds. The van der Waals surface area contributed by atoms with Crippen LogP contribution in [0.1, 0.15) is 39.2 Å². The number of hydrogen-bond acceptors (Lipinski definition) is 4. The van der Waals surface area contributed by atoms with Crippen molar-refractivity contribution in [3.63, 3.8) is 0 Å². The second-order valence-electron chi connectivity index (χ2n) is 8.08. The average molecular weight is 334 g/mol. The van der Waals surface area contributed by atoms with Gasteiger partial charge in [-0.15, -0.1) is 0 Å². The van der Waals surface area contributed by atoms with Gasteiger partial charge in [0, 0.05) is 32.9 Å². The molecule has 0 radical (unpaired) electrons. The number of hydrogen-bond donors (Lipinski definition) is 1. The summed E-state index contributed by atoms with van der Waals surface area (Å²) in [4.78, 5) is 15.9. The van der Waals surface area contributed by atoms with Crippen molar-refractivity contribution in [2.75, 3.05) is 38.7 Å². The molecule has 1 heterocycles. The lowest BCUT2D eigenvalue weighted by Crippen LogP contribution is -2.45. The van der Waals surface area contributed by atoms with Crippen LogP contribution in [-0.2, 0) is 10.3 Å². The fraction of sp³-hybridized carbons (Fsp3) is 0.632. The molecule has 0 aliphatic carbocycles. The number of amides is 1. The molecule has 1 aliphatic rings. The first kappa shape index (κ1) is 18.6. The molecule has 0 unspecified atom stereocenters. The third-order valence-electron chi connectivity index (χ3n) is 4.38. The highest BCUT2D eigenvalue weighted by molar-refractivity contribution is 5.67. The summed E-state index contributed by atoms with van der Waals surface area (Å²) in [6.07, 6.45) is 0.761. The van der Waals surface area contributed by atoms with Crippen molar-refractivity contribution >= 4 is 11.8 Å². The lowest BCUT2D eigenvalue weighted by atomic mass is 9.84. The standard InChI is InChI=1S/C19H30N2O3/c1-18(2,3)14-24-17(22)21-11-9-19(23,10-12-21)15-7-6-8-16(13-15)20(4)5/h6-8,13,23H,9-12,14H2,1-5H3. The monoisotopic (exact) mass is 334 g/mol. The summed E-state index contributed by atoms with van der Waals surface area (Å²) < 4.78 is 5.37. The van der Waals surface area contributed by atoms with E-state index in [0.29, 0.717) is 32.5 Å². The van der Waals surface area contributed by atoms with Gasteiger partial charge >= 0.3 is 6.09 Å². The largest absolute Gasteiger partial charge is 0.449 e. The summed E-state index contributed by atoms with van der Waals surface area (Å²) in [6.45, 7) is 7.52. The molecule has 0 atom stereocenters. The molecule has 1 aromatic carbocycles. The molecule has 1 aliphatic heterocycles. The zero-order valence-electron chi connectivity index (χ0n) is 15.5. The maximum absolute atomic E-state index is 12.2. The summed E-state index contributed by atoms with van der Waals surface area (Å²) in [7, 11) is 3.97. The lowest BCUT2D eigenvalue weighted by Gasteiger charge is -2.38. The molecule has 0 bridgehead atoms. The first-order chi connectivity index (χ1) is 11.1. The Hall–Kier alpha value is -1.75. The van der Waals surface area contributed by atoms with Crippen molar-refractivity contribution in [2.45, 2.75) is 39.2 Å². The third kappa shape index (κ3) is 4.63. The Morgan fingerprint density at radius 3 is 2.46 bits per heavy atom. The predicted molar refractivity (Wildman–Crippen MR) is 96.3 cm³/mol. The molecule has 1 N–H and O–H groups in total. The number of carbonyl (C=O) groups excluding carboxylic acids is 1. The van der Waals surface area contributed by atoms with Gasteiger partial charge in [-0.25, -0.2) is 4.79 Å². The van der Waals surface area contributed by atoms with Crippen molar-refractivity contribution in [1.82, 2.24) is 4.90 Å². The summed E-state index contributed by atoms with van der Waals surface area (Å²) in [5, 5.41) is 11.0. The van der Waals surface area contributed by atoms with E-state index >= 15 is 0 Å². The first-order valence-corrected chi connectivity index (χ1v) is 8.53. The number of rotatable bonds is 3. The Kier molecular flexibility index (Phi) is 5.43. The van der Waals surface area contributed by atoms with Crippen LogP contribution in [-0.4, -0.2) is 49.9 Å². The van der Waals surface area contributed by atoms with E-state index < -0.39 is 5.60 Å². The molecule has 5 heteroatoms. The minimum atomic E-state index is -0.882. The summed E-state index contributed by atoms with van der Waals surface area (Å²) >= 11 is 0. The van der Waals surface area contributed by atoms with E-state index in [0.717, 1.165) is 11.3 Å². The highest BCUT2D eigenvalue weighted by atomic mass is 16.6. The average Bonchev–Trinajstić information content (AvgIpc) is 2.53. The first-order valence-electron chi connectivity index (χ1n) is 8.53. The van der Waals surface area contributed by atoms with Gasteiger partial charge in [0.25, 0.3) is 0 Å². The summed E-state index contributed by atoms with van der Waals surface area (Å²) in [6, 6.07) is 7.96. The molecule has 2 rings (SSSR count). The fourth-order valence-electron chi connectivity index (χ4n) is 2.79. The van der Waals surface area contributed by atoms with Crippen LogP contribution in [0.5, 0.6) is 0 Å². The molecular weight excluding hydrogens is 304 g/mol. The normalized spacial score (nSPS) is 17.5. The number of ether oxygens (including phenoxy) is 1. The minimum absolute atomic E-state index is 0.0429. The predicted octanol–water partition coefficient (Wildman–Crippen LogP) is 3.22. The number of nitrogens with zero attached hydrogens (tertiary/aromatic N) is 2. The Bertz CT molecular complexity index is 570. The molecule has 1 saturated heterocycles. The van der Waals surface area contributed by atoms with Crippen LogP contribution in [0.15, 0.2) is 24.3 Å². The highest BCUT2D eigenvalue weighted by Gasteiger charge is 2.36. The molecule has 1 fully saturated rings. The van der Waals surface area contributed by atoms with E-state index in [9.17, 15) is 9.90 Å². The van der Waals surface area contributed by atoms with Crippen LogP contribution >= 0.6 is 0 Å². The number of anilines is 1. The van der Waals surface area contributed by atoms with Gasteiger partial charge in [-0.1, -0.05) is 32.9 Å². The molecule has 5 nitrogen and oxygen atoms in total. The van der Waals surface area contributed by atoms with E-state index in [1.807, 2.05) is 64.0 Å². The van der Waals surface area contributed by atoms with Gasteiger partial charge < -0.3 is 19.6 Å². The third-order valence-corrected chi connectivity index (χ3v) is 4.38. The van der Waals surface area contributed by atoms with Gasteiger partial charge in [0.2, 0.25) is 0 Å². The smallest absolute Gasteiger partial charge is 0.409 e. The number of piperidine rings is 1. The van der Waals surface area contributed by atoms with Crippen LogP contribution in [0.25, 0.3) is 0 Å². The van der Waals surface area contributed by atoms with E-state index in [-0.39, 0.29) is 11.5 Å². The molecule has 0 saturated carbocycles. The molecule has 0 aromatic heterocycles. The van der Waals surface area contributed by atoms with Crippen LogP contribution < -0.4 is 4.90 Å². The molecule has 24 heavy (non-hydrogen) atoms. The lowest BCUT2D eigenvalue weighted by molar-refractivity contribution is -0.0272. The van der Waals surface area contributed by atoms with Crippen molar-refractivity contribution in [1.29, 1.82) is 0 Å². The maximum Gasteiger partial charge on any atom is 0.409 e. The Labute approximate surface area is 145 Å². The van der Waals surface area contributed by atoms with E-state index in [2.05, 4.69) is 0 Å². The SMILES string of the molecule is CN(C)c1cccc(C2(O)CCN(C(=O)OCC(C)(C)C)CC2)c1. The zero-order valence-corrected chi connectivity index (χ0v) is 15.5. The van der Waals surface area contributed by atoms with Crippen molar-refractivity contribution in [3.8, 4) is 0 Å². The van der Waals surface area contributed by atoms with Crippen LogP contribution in [0.2, 0.25) is 0 Å². The van der Waals surface area contributed by atoms with Gasteiger partial charge in [0.1, 0.15) is 0 Å². The van der Waals surface area contributed by atoms with Crippen molar-refractivity contribution in [2.24, 2.45) is 5.41 Å². The number of benzene rings is 1. The van der Waals surface area contributed by atoms with Gasteiger partial charge in [-0.2, -0.15) is 0 Å². The Morgan fingerprint density at radius 2 is 1.92 bits per heavy atom. The quantitative estimate of drug-likeness (QED) is 0.922. The summed E-state index contributed by atoms with van der Waals surface area (Å²) in [5.74, 6) is 0. The number of carbonyl (C=O) groups is 1. The van der Waals surface area contributed by atoms with Crippen molar-refractivity contribution < 1.29 is 14.6 Å². The van der Waals surface area contributed by atoms with E-state index in [4.69, 9.17) is 4.74 Å². The zero-order chi connectivity index (χ0) is 18.0. The molecule has 0 spiro atoms. The van der Waals surface area contributed by atoms with Gasteiger partial charge in [-0.05, 0) is 36.0 Å². The number of aliphatic hydroxyl groups is 1. The van der Waals surface area contributed by atoms with Crippen LogP contribution in [0.4, 0.5) is 10.5 Å². The van der Waals surface area contributed by atoms with Crippen LogP contribution in [0.3, 0.4) is 0 Å². The van der Waals surface area contributed by atoms with Crippen LogP contribution in [0, 0.1) is 5.41 Å². The van der Waals surface area contributed by atoms with E-state index in [1.165, 1.54) is 0 Å². The molecule has 134 valence electrons. The molecule has 1 aromatic rings. The second kappa shape index (κ2) is 7.01. The summed E-state index contributed by atoms with van der Waals surface area (Å²) in [5.41, 5.74) is 1.05. The van der Waals surface area contributed by atoms with Crippen molar-refractivity contribution in [3.05, 3.63) is 29.8 Å². The second-order valence-corrected chi connectivity index (χ2v) is 8.08. The topological polar surface area (TPSA) is 53.0 Å². The Balaban J connectivity index is 1.98. The maximum atomic E-state index is 12.2. The number of likely N-dealkylation sites (tertiary alicyclic amines) is 1. The Morgan fingerprint density at radius 1 is 1.29 bits per heavy atom. The highest BCUT2D eigenvalue weighted by Crippen LogP contribution is 2.34. The minimum Gasteiger partial charge on any atom is -0.449 e. The van der Waals surface area contributed by atoms with E-state index in [1.54, 1.807) is 4.90 Å². The fourth-order valence-corrected chi connectivity index (χ4v) is 2.79. The van der Waals surface area contributed by atoms with Gasteiger partial charge in [0.05, 0.1) is 12.2 Å².